The van der Waals surface area contributed by atoms with Gasteiger partial charge in [0.25, 0.3) is 0 Å². The Kier molecular flexibility index (Phi) is 5.25. The van der Waals surface area contributed by atoms with E-state index >= 15 is 0 Å². The van der Waals surface area contributed by atoms with E-state index in [1.54, 1.807) is 0 Å². The molecule has 1 fully saturated rings. The molecule has 0 aromatic rings. The molecule has 0 spiro atoms. The topological polar surface area (TPSA) is 78.4 Å². The van der Waals surface area contributed by atoms with E-state index in [2.05, 4.69) is 10.6 Å². The molecule has 92 valence electrons. The summed E-state index contributed by atoms with van der Waals surface area (Å²) in [6.07, 6.45) is 2.72. The summed E-state index contributed by atoms with van der Waals surface area (Å²) in [4.78, 5) is 22.0. The number of carbonyl (C=O) groups excluding carboxylic acids is 1. The first-order chi connectivity index (χ1) is 7.59. The van der Waals surface area contributed by atoms with Gasteiger partial charge in [0.05, 0.1) is 6.04 Å². The van der Waals surface area contributed by atoms with Gasteiger partial charge in [0.15, 0.2) is 0 Å². The highest BCUT2D eigenvalue weighted by molar-refractivity contribution is 5.81. The molecule has 0 aromatic carbocycles. The van der Waals surface area contributed by atoms with E-state index in [1.807, 2.05) is 6.92 Å². The van der Waals surface area contributed by atoms with Crippen LogP contribution < -0.4 is 10.6 Å². The second kappa shape index (κ2) is 6.48. The average Bonchev–Trinajstić information content (AvgIpc) is 2.76. The van der Waals surface area contributed by atoms with Gasteiger partial charge in [-0.15, -0.1) is 0 Å². The van der Waals surface area contributed by atoms with Crippen molar-refractivity contribution in [3.63, 3.8) is 0 Å². The van der Waals surface area contributed by atoms with E-state index < -0.39 is 5.97 Å². The number of carboxylic acid groups (broad SMARTS) is 1. The number of hydrogen-bond acceptors (Lipinski definition) is 3. The zero-order valence-electron chi connectivity index (χ0n) is 9.66. The van der Waals surface area contributed by atoms with Gasteiger partial charge in [-0.2, -0.15) is 0 Å². The minimum atomic E-state index is -0.782. The molecule has 0 saturated carbocycles. The first-order valence-corrected chi connectivity index (χ1v) is 5.82. The molecule has 0 aromatic heterocycles. The fourth-order valence-electron chi connectivity index (χ4n) is 1.78. The highest BCUT2D eigenvalue weighted by Crippen LogP contribution is 2.06. The maximum absolute atomic E-state index is 11.6. The molecule has 1 unspecified atom stereocenters. The van der Waals surface area contributed by atoms with E-state index in [0.717, 1.165) is 19.4 Å². The maximum Gasteiger partial charge on any atom is 0.303 e. The summed E-state index contributed by atoms with van der Waals surface area (Å²) in [7, 11) is 0. The van der Waals surface area contributed by atoms with Crippen LogP contribution in [0.1, 0.15) is 32.6 Å². The van der Waals surface area contributed by atoms with Gasteiger partial charge in [-0.25, -0.2) is 0 Å². The van der Waals surface area contributed by atoms with Gasteiger partial charge in [0.2, 0.25) is 5.91 Å². The fraction of sp³-hybridized carbons (Fsp3) is 0.818. The molecule has 5 nitrogen and oxygen atoms in total. The third kappa shape index (κ3) is 4.61. The zero-order chi connectivity index (χ0) is 12.0. The van der Waals surface area contributed by atoms with Gasteiger partial charge >= 0.3 is 5.97 Å². The van der Waals surface area contributed by atoms with E-state index in [1.165, 1.54) is 0 Å². The standard InChI is InChI=1S/C11H20N2O3/c1-8(4-5-10(14)15)7-13-11(16)9-3-2-6-12-9/h8-9,12H,2-7H2,1H3,(H,13,16)(H,14,15)/t8?,9-/m0/s1. The monoisotopic (exact) mass is 228 g/mol. The summed E-state index contributed by atoms with van der Waals surface area (Å²) in [6.45, 7) is 3.42. The molecule has 1 saturated heterocycles. The van der Waals surface area contributed by atoms with Gasteiger partial charge in [-0.05, 0) is 31.7 Å². The number of rotatable bonds is 6. The first-order valence-electron chi connectivity index (χ1n) is 5.82. The van der Waals surface area contributed by atoms with Crippen molar-refractivity contribution in [3.8, 4) is 0 Å². The molecule has 0 bridgehead atoms. The van der Waals surface area contributed by atoms with Gasteiger partial charge < -0.3 is 15.7 Å². The summed E-state index contributed by atoms with van der Waals surface area (Å²) in [5, 5.41) is 14.5. The van der Waals surface area contributed by atoms with Crippen molar-refractivity contribution in [1.82, 2.24) is 10.6 Å². The molecule has 0 radical (unpaired) electrons. The smallest absolute Gasteiger partial charge is 0.303 e. The Morgan fingerprint density at radius 2 is 2.31 bits per heavy atom. The minimum Gasteiger partial charge on any atom is -0.481 e. The number of hydrogen-bond donors (Lipinski definition) is 3. The zero-order valence-corrected chi connectivity index (χ0v) is 9.66. The Bertz CT molecular complexity index is 250. The van der Waals surface area contributed by atoms with Crippen LogP contribution >= 0.6 is 0 Å². The van der Waals surface area contributed by atoms with Gasteiger partial charge in [-0.1, -0.05) is 6.92 Å². The lowest BCUT2D eigenvalue weighted by atomic mass is 10.1. The quantitative estimate of drug-likeness (QED) is 0.613. The molecule has 0 aliphatic carbocycles. The SMILES string of the molecule is CC(CCC(=O)O)CNC(=O)[C@@H]1CCCN1. The van der Waals surface area contributed by atoms with Crippen LogP contribution in [-0.4, -0.2) is 36.1 Å². The van der Waals surface area contributed by atoms with Crippen molar-refractivity contribution in [2.75, 3.05) is 13.1 Å². The molecule has 1 aliphatic rings. The Morgan fingerprint density at radius 1 is 1.56 bits per heavy atom. The lowest BCUT2D eigenvalue weighted by Crippen LogP contribution is -2.41. The largest absolute Gasteiger partial charge is 0.481 e. The van der Waals surface area contributed by atoms with Crippen molar-refractivity contribution in [2.24, 2.45) is 5.92 Å². The number of carbonyl (C=O) groups is 2. The van der Waals surface area contributed by atoms with E-state index in [9.17, 15) is 9.59 Å². The molecular weight excluding hydrogens is 208 g/mol. The fourth-order valence-corrected chi connectivity index (χ4v) is 1.78. The van der Waals surface area contributed by atoms with Gasteiger partial charge in [0, 0.05) is 13.0 Å². The number of nitrogens with one attached hydrogen (secondary N) is 2. The highest BCUT2D eigenvalue weighted by atomic mass is 16.4. The minimum absolute atomic E-state index is 0.0414. The summed E-state index contributed by atoms with van der Waals surface area (Å²) >= 11 is 0. The first kappa shape index (κ1) is 13.0. The summed E-state index contributed by atoms with van der Waals surface area (Å²) in [6, 6.07) is -0.0494. The molecule has 1 amide bonds. The number of carboxylic acids is 1. The molecule has 16 heavy (non-hydrogen) atoms. The van der Waals surface area contributed by atoms with Crippen molar-refractivity contribution in [3.05, 3.63) is 0 Å². The van der Waals surface area contributed by atoms with Gasteiger partial charge in [0.1, 0.15) is 0 Å². The van der Waals surface area contributed by atoms with Crippen LogP contribution in [0.3, 0.4) is 0 Å². The van der Waals surface area contributed by atoms with Crippen molar-refractivity contribution in [1.29, 1.82) is 0 Å². The van der Waals surface area contributed by atoms with Crippen LogP contribution in [0.15, 0.2) is 0 Å². The van der Waals surface area contributed by atoms with E-state index in [0.29, 0.717) is 13.0 Å². The van der Waals surface area contributed by atoms with Crippen LogP contribution in [0, 0.1) is 5.92 Å². The Labute approximate surface area is 95.6 Å². The maximum atomic E-state index is 11.6. The van der Waals surface area contributed by atoms with Crippen molar-refractivity contribution in [2.45, 2.75) is 38.6 Å². The normalized spacial score (nSPS) is 21.7. The molecule has 1 aliphatic heterocycles. The molecule has 5 heteroatoms. The lowest BCUT2D eigenvalue weighted by molar-refractivity contribution is -0.137. The number of amides is 1. The van der Waals surface area contributed by atoms with Crippen molar-refractivity contribution < 1.29 is 14.7 Å². The summed E-state index contributed by atoms with van der Waals surface area (Å²) < 4.78 is 0. The van der Waals surface area contributed by atoms with Crippen LogP contribution in [0.2, 0.25) is 0 Å². The average molecular weight is 228 g/mol. The Balaban J connectivity index is 2.12. The predicted octanol–water partition coefficient (Wildman–Crippen LogP) is 0.355. The molecular formula is C11H20N2O3. The number of aliphatic carboxylic acids is 1. The highest BCUT2D eigenvalue weighted by Gasteiger charge is 2.21. The summed E-state index contributed by atoms with van der Waals surface area (Å²) in [5.74, 6) is -0.531. The lowest BCUT2D eigenvalue weighted by Gasteiger charge is -2.14. The summed E-state index contributed by atoms with van der Waals surface area (Å²) in [5.41, 5.74) is 0. The van der Waals surface area contributed by atoms with Gasteiger partial charge in [-0.3, -0.25) is 9.59 Å². The van der Waals surface area contributed by atoms with Crippen LogP contribution in [0.5, 0.6) is 0 Å². The second-order valence-electron chi connectivity index (χ2n) is 4.43. The third-order valence-corrected chi connectivity index (χ3v) is 2.85. The van der Waals surface area contributed by atoms with Crippen LogP contribution in [-0.2, 0) is 9.59 Å². The van der Waals surface area contributed by atoms with E-state index in [4.69, 9.17) is 5.11 Å². The molecule has 3 N–H and O–H groups in total. The van der Waals surface area contributed by atoms with E-state index in [-0.39, 0.29) is 24.3 Å². The molecule has 2 atom stereocenters. The second-order valence-corrected chi connectivity index (χ2v) is 4.43. The van der Waals surface area contributed by atoms with Crippen molar-refractivity contribution >= 4 is 11.9 Å². The third-order valence-electron chi connectivity index (χ3n) is 2.85. The Morgan fingerprint density at radius 3 is 2.88 bits per heavy atom. The Hall–Kier alpha value is -1.10. The predicted molar refractivity (Wildman–Crippen MR) is 60.1 cm³/mol. The van der Waals surface area contributed by atoms with Crippen LogP contribution in [0.25, 0.3) is 0 Å². The molecule has 1 rings (SSSR count). The molecule has 1 heterocycles. The van der Waals surface area contributed by atoms with Crippen LogP contribution in [0.4, 0.5) is 0 Å².